The van der Waals surface area contributed by atoms with Crippen molar-refractivity contribution in [1.82, 2.24) is 0 Å². The number of halogens is 1. The molecule has 2 rings (SSSR count). The van der Waals surface area contributed by atoms with Gasteiger partial charge in [0.1, 0.15) is 0 Å². The first kappa shape index (κ1) is 10.4. The van der Waals surface area contributed by atoms with Gasteiger partial charge >= 0.3 is 5.97 Å². The zero-order valence-electron chi connectivity index (χ0n) is 8.50. The Balaban J connectivity index is 2.83. The van der Waals surface area contributed by atoms with Gasteiger partial charge in [0.05, 0.1) is 24.6 Å². The van der Waals surface area contributed by atoms with E-state index in [2.05, 4.69) is 20.9 Å². The Bertz CT molecular complexity index is 548. The Hall–Kier alpha value is -1.16. The lowest BCUT2D eigenvalue weighted by Crippen LogP contribution is -2.30. The largest absolute Gasteiger partial charge is 0.465 e. The maximum absolute atomic E-state index is 11.6. The Morgan fingerprint density at radius 3 is 2.93 bits per heavy atom. The molecular weight excluding hydrogens is 258 g/mol. The quantitative estimate of drug-likeness (QED) is 0.714. The summed E-state index contributed by atoms with van der Waals surface area (Å²) < 4.78 is 5.60. The normalized spacial score (nSPS) is 13.4. The Morgan fingerprint density at radius 2 is 2.27 bits per heavy atom. The molecule has 4 heteroatoms. The molecule has 0 amide bonds. The van der Waals surface area contributed by atoms with Crippen LogP contribution in [0.2, 0.25) is 0 Å². The van der Waals surface area contributed by atoms with E-state index in [1.807, 2.05) is 13.0 Å². The molecule has 0 fully saturated rings. The van der Waals surface area contributed by atoms with Crippen LogP contribution in [0.1, 0.15) is 17.3 Å². The summed E-state index contributed by atoms with van der Waals surface area (Å²) in [5.74, 6) is -0.316. The van der Waals surface area contributed by atoms with Crippen LogP contribution in [0.3, 0.4) is 0 Å². The van der Waals surface area contributed by atoms with Crippen molar-refractivity contribution in [3.05, 3.63) is 32.7 Å². The van der Waals surface area contributed by atoms with E-state index in [4.69, 9.17) is 4.74 Å². The smallest absolute Gasteiger partial charge is 0.338 e. The standard InChI is InChI=1S/C11H10BrNO2/c1-6-5-13-9-4-7(12)3-8(10(6)9)11(14)15-2/h3-4H,5H2,1-2H3. The summed E-state index contributed by atoms with van der Waals surface area (Å²) in [6.45, 7) is 2.64. The van der Waals surface area contributed by atoms with E-state index in [0.717, 1.165) is 20.6 Å². The van der Waals surface area contributed by atoms with Gasteiger partial charge in [0.2, 0.25) is 0 Å². The molecule has 1 aromatic rings. The highest BCUT2D eigenvalue weighted by molar-refractivity contribution is 9.10. The van der Waals surface area contributed by atoms with Gasteiger partial charge in [0.15, 0.2) is 0 Å². The predicted octanol–water partition coefficient (Wildman–Crippen LogP) is 1.04. The van der Waals surface area contributed by atoms with E-state index in [-0.39, 0.29) is 5.97 Å². The van der Waals surface area contributed by atoms with E-state index in [1.54, 1.807) is 6.07 Å². The minimum Gasteiger partial charge on any atom is -0.465 e. The average Bonchev–Trinajstić information content (AvgIpc) is 2.58. The first-order valence-electron chi connectivity index (χ1n) is 4.55. The van der Waals surface area contributed by atoms with E-state index >= 15 is 0 Å². The van der Waals surface area contributed by atoms with Crippen molar-refractivity contribution in [2.75, 3.05) is 13.7 Å². The third-order valence-corrected chi connectivity index (χ3v) is 2.86. The summed E-state index contributed by atoms with van der Waals surface area (Å²) >= 11 is 3.36. The molecule has 0 atom stereocenters. The van der Waals surface area contributed by atoms with Gasteiger partial charge in [-0.15, -0.1) is 0 Å². The van der Waals surface area contributed by atoms with Gasteiger partial charge in [-0.2, -0.15) is 0 Å². The van der Waals surface area contributed by atoms with Crippen LogP contribution < -0.4 is 10.6 Å². The predicted molar refractivity (Wildman–Crippen MR) is 60.2 cm³/mol. The first-order valence-corrected chi connectivity index (χ1v) is 5.35. The molecule has 0 N–H and O–H groups in total. The van der Waals surface area contributed by atoms with Crippen LogP contribution in [0.5, 0.6) is 0 Å². The van der Waals surface area contributed by atoms with Gasteiger partial charge in [0.25, 0.3) is 0 Å². The van der Waals surface area contributed by atoms with E-state index < -0.39 is 0 Å². The first-order chi connectivity index (χ1) is 7.13. The molecule has 0 aliphatic carbocycles. The number of hydrogen-bond donors (Lipinski definition) is 0. The number of benzene rings is 1. The van der Waals surface area contributed by atoms with Gasteiger partial charge < -0.3 is 4.74 Å². The molecule has 0 spiro atoms. The number of fused-ring (bicyclic) bond motifs is 1. The van der Waals surface area contributed by atoms with E-state index in [0.29, 0.717) is 12.1 Å². The summed E-state index contributed by atoms with van der Waals surface area (Å²) in [6, 6.07) is 3.69. The molecule has 1 aliphatic heterocycles. The Labute approximate surface area is 95.6 Å². The molecule has 0 bridgehead atoms. The molecule has 0 radical (unpaired) electrons. The Morgan fingerprint density at radius 1 is 1.53 bits per heavy atom. The second kappa shape index (κ2) is 3.77. The lowest BCUT2D eigenvalue weighted by molar-refractivity contribution is 0.0599. The van der Waals surface area contributed by atoms with Gasteiger partial charge in [-0.1, -0.05) is 15.9 Å². The summed E-state index contributed by atoms with van der Waals surface area (Å²) in [5, 5.41) is 1.78. The number of methoxy groups -OCH3 is 1. The van der Waals surface area contributed by atoms with Crippen LogP contribution in [0.15, 0.2) is 21.6 Å². The van der Waals surface area contributed by atoms with Crippen LogP contribution >= 0.6 is 15.9 Å². The van der Waals surface area contributed by atoms with E-state index in [1.165, 1.54) is 7.11 Å². The molecule has 0 saturated carbocycles. The van der Waals surface area contributed by atoms with Crippen molar-refractivity contribution >= 4 is 27.5 Å². The van der Waals surface area contributed by atoms with Crippen molar-refractivity contribution < 1.29 is 9.53 Å². The second-order valence-corrected chi connectivity index (χ2v) is 4.35. The number of carbonyl (C=O) groups is 1. The second-order valence-electron chi connectivity index (χ2n) is 3.44. The Kier molecular flexibility index (Phi) is 2.61. The maximum Gasteiger partial charge on any atom is 0.338 e. The SMILES string of the molecule is COC(=O)c1cc(Br)cc2c1=C(C)CN=2. The molecule has 3 nitrogen and oxygen atoms in total. The minimum absolute atomic E-state index is 0.316. The van der Waals surface area contributed by atoms with Crippen LogP contribution in [-0.2, 0) is 4.74 Å². The molecule has 0 saturated heterocycles. The zero-order valence-corrected chi connectivity index (χ0v) is 10.1. The van der Waals surface area contributed by atoms with Crippen molar-refractivity contribution in [1.29, 1.82) is 0 Å². The lowest BCUT2D eigenvalue weighted by atomic mass is 10.1. The fraction of sp³-hybridized carbons (Fsp3) is 0.273. The fourth-order valence-corrected chi connectivity index (χ4v) is 2.17. The van der Waals surface area contributed by atoms with Crippen LogP contribution in [-0.4, -0.2) is 19.6 Å². The summed E-state index contributed by atoms with van der Waals surface area (Å²) in [6.07, 6.45) is 0. The molecule has 1 aromatic carbocycles. The highest BCUT2D eigenvalue weighted by atomic mass is 79.9. The highest BCUT2D eigenvalue weighted by Gasteiger charge is 2.14. The number of hydrogen-bond acceptors (Lipinski definition) is 3. The topological polar surface area (TPSA) is 38.7 Å². The zero-order chi connectivity index (χ0) is 11.0. The molecule has 1 aliphatic rings. The minimum atomic E-state index is -0.316. The maximum atomic E-state index is 11.6. The third-order valence-electron chi connectivity index (χ3n) is 2.40. The van der Waals surface area contributed by atoms with Crippen LogP contribution in [0.4, 0.5) is 0 Å². The van der Waals surface area contributed by atoms with Crippen LogP contribution in [0.25, 0.3) is 5.57 Å². The van der Waals surface area contributed by atoms with Crippen molar-refractivity contribution in [3.8, 4) is 0 Å². The fourth-order valence-electron chi connectivity index (χ4n) is 1.72. The summed E-state index contributed by atoms with van der Waals surface area (Å²) in [4.78, 5) is 15.9. The van der Waals surface area contributed by atoms with Gasteiger partial charge in [-0.05, 0) is 24.6 Å². The summed E-state index contributed by atoms with van der Waals surface area (Å²) in [5.41, 5.74) is 1.69. The molecule has 1 heterocycles. The molecular formula is C11H10BrNO2. The molecule has 15 heavy (non-hydrogen) atoms. The molecule has 0 aromatic heterocycles. The summed E-state index contributed by atoms with van der Waals surface area (Å²) in [7, 11) is 1.39. The van der Waals surface area contributed by atoms with Gasteiger partial charge in [0, 0.05) is 9.69 Å². The number of esters is 1. The number of carbonyl (C=O) groups excluding carboxylic acids is 1. The molecule has 0 unspecified atom stereocenters. The van der Waals surface area contributed by atoms with Crippen LogP contribution in [0, 0.1) is 0 Å². The highest BCUT2D eigenvalue weighted by Crippen LogP contribution is 2.09. The van der Waals surface area contributed by atoms with E-state index in [9.17, 15) is 4.79 Å². The van der Waals surface area contributed by atoms with Gasteiger partial charge in [-0.3, -0.25) is 4.99 Å². The lowest BCUT2D eigenvalue weighted by Gasteiger charge is -2.01. The van der Waals surface area contributed by atoms with Gasteiger partial charge in [-0.25, -0.2) is 4.79 Å². The number of ether oxygens (including phenoxy) is 1. The number of rotatable bonds is 1. The van der Waals surface area contributed by atoms with Crippen molar-refractivity contribution in [2.24, 2.45) is 4.99 Å². The van der Waals surface area contributed by atoms with Crippen molar-refractivity contribution in [3.63, 3.8) is 0 Å². The van der Waals surface area contributed by atoms with Crippen molar-refractivity contribution in [2.45, 2.75) is 6.92 Å². The number of nitrogens with zero attached hydrogens (tertiary/aromatic N) is 1. The monoisotopic (exact) mass is 267 g/mol. The third kappa shape index (κ3) is 1.69. The average molecular weight is 268 g/mol. The molecule has 78 valence electrons.